The summed E-state index contributed by atoms with van der Waals surface area (Å²) in [4.78, 5) is 31.8. The maximum Gasteiger partial charge on any atom is 0.255 e. The standard InChI is InChI=1S/C26H28N6O3/c1-31-16-21(15-29-31)20-13-23(24(27)28-14-20)25(34)30-22-10-11-32(17-22)26(35)19-8-6-18(7-9-19)5-3-2-4-12-33/h6-9,13-16,22,33H,2,4,10-12,17H2,1H3,(H2,27,28)(H,30,34)/t22-/m1/s1. The third-order valence-corrected chi connectivity index (χ3v) is 5.84. The van der Waals surface area contributed by atoms with E-state index in [1.165, 1.54) is 0 Å². The van der Waals surface area contributed by atoms with Gasteiger partial charge in [0.1, 0.15) is 5.82 Å². The Bertz CT molecular complexity index is 1270. The Hall–Kier alpha value is -4.16. The Labute approximate surface area is 204 Å². The number of aliphatic hydroxyl groups excluding tert-OH is 1. The zero-order chi connectivity index (χ0) is 24.8. The van der Waals surface area contributed by atoms with E-state index in [1.54, 1.807) is 40.2 Å². The van der Waals surface area contributed by atoms with Crippen LogP contribution in [0.15, 0.2) is 48.9 Å². The predicted molar refractivity (Wildman–Crippen MR) is 132 cm³/mol. The van der Waals surface area contributed by atoms with Crippen LogP contribution in [0.5, 0.6) is 0 Å². The van der Waals surface area contributed by atoms with Crippen molar-refractivity contribution in [3.8, 4) is 23.0 Å². The first-order valence-electron chi connectivity index (χ1n) is 11.5. The lowest BCUT2D eigenvalue weighted by atomic mass is 10.1. The number of aliphatic hydroxyl groups is 1. The molecule has 0 spiro atoms. The largest absolute Gasteiger partial charge is 0.396 e. The Balaban J connectivity index is 1.36. The second-order valence-electron chi connectivity index (χ2n) is 8.48. The number of hydrogen-bond donors (Lipinski definition) is 3. The molecule has 35 heavy (non-hydrogen) atoms. The molecule has 2 aromatic heterocycles. The van der Waals surface area contributed by atoms with E-state index >= 15 is 0 Å². The average Bonchev–Trinajstić information content (AvgIpc) is 3.51. The SMILES string of the molecule is Cn1cc(-c2cnc(N)c(C(=O)N[C@@H]3CCN(C(=O)c4ccc(C#CCCCO)cc4)C3)c2)cn1. The van der Waals surface area contributed by atoms with Crippen LogP contribution >= 0.6 is 0 Å². The highest BCUT2D eigenvalue weighted by Gasteiger charge is 2.28. The number of nitrogens with one attached hydrogen (secondary N) is 1. The third kappa shape index (κ3) is 5.86. The van der Waals surface area contributed by atoms with Gasteiger partial charge in [-0.05, 0) is 43.2 Å². The van der Waals surface area contributed by atoms with E-state index in [0.29, 0.717) is 43.5 Å². The lowest BCUT2D eigenvalue weighted by Gasteiger charge is -2.17. The van der Waals surface area contributed by atoms with Gasteiger partial charge in [-0.15, -0.1) is 0 Å². The van der Waals surface area contributed by atoms with Crippen molar-refractivity contribution in [1.82, 2.24) is 25.0 Å². The zero-order valence-corrected chi connectivity index (χ0v) is 19.6. The number of aromatic nitrogens is 3. The number of likely N-dealkylation sites (tertiary alicyclic amines) is 1. The molecule has 4 rings (SSSR count). The number of carbonyl (C=O) groups is 2. The minimum atomic E-state index is -0.316. The average molecular weight is 473 g/mol. The summed E-state index contributed by atoms with van der Waals surface area (Å²) in [6.45, 7) is 1.10. The minimum Gasteiger partial charge on any atom is -0.396 e. The number of rotatable bonds is 6. The number of nitrogens with two attached hydrogens (primary N) is 1. The number of carbonyl (C=O) groups excluding carboxylic acids is 2. The summed E-state index contributed by atoms with van der Waals surface area (Å²) < 4.78 is 1.68. The van der Waals surface area contributed by atoms with Crippen LogP contribution in [0.25, 0.3) is 11.1 Å². The van der Waals surface area contributed by atoms with Crippen molar-refractivity contribution in [3.63, 3.8) is 0 Å². The molecule has 1 atom stereocenters. The summed E-state index contributed by atoms with van der Waals surface area (Å²) >= 11 is 0. The van der Waals surface area contributed by atoms with Crippen molar-refractivity contribution in [2.24, 2.45) is 7.05 Å². The van der Waals surface area contributed by atoms with Crippen molar-refractivity contribution < 1.29 is 14.7 Å². The molecule has 0 unspecified atom stereocenters. The van der Waals surface area contributed by atoms with Crippen LogP contribution in [0.2, 0.25) is 0 Å². The Morgan fingerprint density at radius 3 is 2.74 bits per heavy atom. The summed E-state index contributed by atoms with van der Waals surface area (Å²) in [7, 11) is 1.82. The maximum atomic E-state index is 12.9. The van der Waals surface area contributed by atoms with Crippen LogP contribution in [0.4, 0.5) is 5.82 Å². The number of anilines is 1. The minimum absolute atomic E-state index is 0.0821. The van der Waals surface area contributed by atoms with Crippen LogP contribution in [0.3, 0.4) is 0 Å². The van der Waals surface area contributed by atoms with Gasteiger partial charge in [0.05, 0.1) is 11.8 Å². The summed E-state index contributed by atoms with van der Waals surface area (Å²) in [5, 5.41) is 16.0. The number of amides is 2. The topological polar surface area (TPSA) is 126 Å². The molecule has 4 N–H and O–H groups in total. The molecule has 3 aromatic rings. The smallest absolute Gasteiger partial charge is 0.255 e. The summed E-state index contributed by atoms with van der Waals surface area (Å²) in [6, 6.07) is 8.70. The maximum absolute atomic E-state index is 12.9. The van der Waals surface area contributed by atoms with Gasteiger partial charge in [0, 0.05) is 73.9 Å². The number of hydrogen-bond acceptors (Lipinski definition) is 6. The zero-order valence-electron chi connectivity index (χ0n) is 19.6. The summed E-state index contributed by atoms with van der Waals surface area (Å²) in [5.74, 6) is 5.78. The number of nitrogen functional groups attached to an aromatic ring is 1. The lowest BCUT2D eigenvalue weighted by Crippen LogP contribution is -2.38. The van der Waals surface area contributed by atoms with Crippen molar-refractivity contribution in [2.45, 2.75) is 25.3 Å². The fourth-order valence-corrected chi connectivity index (χ4v) is 3.92. The molecule has 0 radical (unpaired) electrons. The molecule has 180 valence electrons. The molecular weight excluding hydrogens is 444 g/mol. The predicted octanol–water partition coefficient (Wildman–Crippen LogP) is 1.83. The first kappa shape index (κ1) is 24.0. The molecule has 1 aliphatic rings. The van der Waals surface area contributed by atoms with Gasteiger partial charge in [-0.2, -0.15) is 5.10 Å². The van der Waals surface area contributed by atoms with Gasteiger partial charge in [0.25, 0.3) is 11.8 Å². The van der Waals surface area contributed by atoms with Gasteiger partial charge in [0.15, 0.2) is 0 Å². The fraction of sp³-hybridized carbons (Fsp3) is 0.308. The molecule has 9 nitrogen and oxygen atoms in total. The normalized spacial score (nSPS) is 14.9. The van der Waals surface area contributed by atoms with E-state index in [2.05, 4.69) is 27.2 Å². The number of unbranched alkanes of at least 4 members (excludes halogenated alkanes) is 1. The number of benzene rings is 1. The van der Waals surface area contributed by atoms with E-state index in [9.17, 15) is 9.59 Å². The Morgan fingerprint density at radius 1 is 1.23 bits per heavy atom. The van der Waals surface area contributed by atoms with Crippen LogP contribution in [-0.4, -0.2) is 62.3 Å². The molecule has 9 heteroatoms. The lowest BCUT2D eigenvalue weighted by molar-refractivity contribution is 0.0783. The van der Waals surface area contributed by atoms with Crippen LogP contribution in [0.1, 0.15) is 45.5 Å². The van der Waals surface area contributed by atoms with Gasteiger partial charge in [-0.3, -0.25) is 14.3 Å². The summed E-state index contributed by atoms with van der Waals surface area (Å²) in [5.41, 5.74) is 9.27. The highest BCUT2D eigenvalue weighted by atomic mass is 16.3. The second kappa shape index (κ2) is 10.8. The van der Waals surface area contributed by atoms with Gasteiger partial charge in [0.2, 0.25) is 0 Å². The molecule has 0 saturated carbocycles. The van der Waals surface area contributed by atoms with Gasteiger partial charge >= 0.3 is 0 Å². The molecule has 0 aliphatic carbocycles. The second-order valence-corrected chi connectivity index (χ2v) is 8.48. The first-order valence-corrected chi connectivity index (χ1v) is 11.5. The van der Waals surface area contributed by atoms with Crippen molar-refractivity contribution in [1.29, 1.82) is 0 Å². The molecule has 1 fully saturated rings. The highest BCUT2D eigenvalue weighted by molar-refractivity contribution is 6.00. The number of aryl methyl sites for hydroxylation is 1. The number of pyridine rings is 1. The van der Waals surface area contributed by atoms with Gasteiger partial charge in [-0.25, -0.2) is 4.98 Å². The fourth-order valence-electron chi connectivity index (χ4n) is 3.92. The van der Waals surface area contributed by atoms with Crippen molar-refractivity contribution in [3.05, 3.63) is 65.6 Å². The van der Waals surface area contributed by atoms with Crippen LogP contribution in [0, 0.1) is 11.8 Å². The number of nitrogens with zero attached hydrogens (tertiary/aromatic N) is 4. The Kier molecular flexibility index (Phi) is 7.43. The highest BCUT2D eigenvalue weighted by Crippen LogP contribution is 2.22. The van der Waals surface area contributed by atoms with E-state index in [-0.39, 0.29) is 30.3 Å². The molecule has 3 heterocycles. The van der Waals surface area contributed by atoms with Crippen LogP contribution < -0.4 is 11.1 Å². The van der Waals surface area contributed by atoms with Crippen molar-refractivity contribution >= 4 is 17.6 Å². The molecular formula is C26H28N6O3. The quantitative estimate of drug-likeness (QED) is 0.371. The van der Waals surface area contributed by atoms with E-state index in [4.69, 9.17) is 10.8 Å². The molecule has 1 saturated heterocycles. The van der Waals surface area contributed by atoms with E-state index in [1.807, 2.05) is 25.4 Å². The van der Waals surface area contributed by atoms with E-state index < -0.39 is 0 Å². The molecule has 1 aromatic carbocycles. The van der Waals surface area contributed by atoms with Gasteiger partial charge < -0.3 is 21.1 Å². The molecule has 2 amide bonds. The third-order valence-electron chi connectivity index (χ3n) is 5.84. The monoisotopic (exact) mass is 472 g/mol. The summed E-state index contributed by atoms with van der Waals surface area (Å²) in [6.07, 6.45) is 7.09. The van der Waals surface area contributed by atoms with Crippen molar-refractivity contribution in [2.75, 3.05) is 25.4 Å². The molecule has 0 bridgehead atoms. The first-order chi connectivity index (χ1) is 16.9. The van der Waals surface area contributed by atoms with Crippen LogP contribution in [-0.2, 0) is 7.05 Å². The molecule has 1 aliphatic heterocycles. The van der Waals surface area contributed by atoms with Gasteiger partial charge in [-0.1, -0.05) is 11.8 Å². The Morgan fingerprint density at radius 2 is 2.03 bits per heavy atom. The van der Waals surface area contributed by atoms with E-state index in [0.717, 1.165) is 16.7 Å².